The van der Waals surface area contributed by atoms with Gasteiger partial charge in [-0.1, -0.05) is 12.1 Å². The lowest BCUT2D eigenvalue weighted by Crippen LogP contribution is -2.49. The SMILES string of the molecule is C[C@@H](C(=O)NCCN1CCCC1=O)N1CC[C@@]2(CCC1=O)CC(=O)c1ccccc1O2. The van der Waals surface area contributed by atoms with Crippen LogP contribution >= 0.6 is 0 Å². The van der Waals surface area contributed by atoms with Crippen LogP contribution in [0.2, 0.25) is 0 Å². The van der Waals surface area contributed by atoms with E-state index in [1.165, 1.54) is 0 Å². The molecule has 3 aliphatic heterocycles. The molecule has 1 spiro atoms. The summed E-state index contributed by atoms with van der Waals surface area (Å²) < 4.78 is 6.24. The second-order valence-electron chi connectivity index (χ2n) is 8.67. The van der Waals surface area contributed by atoms with Crippen molar-refractivity contribution in [1.29, 1.82) is 0 Å². The van der Waals surface area contributed by atoms with Gasteiger partial charge in [-0.05, 0) is 31.9 Å². The zero-order valence-corrected chi connectivity index (χ0v) is 17.9. The summed E-state index contributed by atoms with van der Waals surface area (Å²) in [6, 6.07) is 6.58. The van der Waals surface area contributed by atoms with Crippen molar-refractivity contribution < 1.29 is 23.9 Å². The minimum absolute atomic E-state index is 0.0324. The van der Waals surface area contributed by atoms with E-state index in [-0.39, 0.29) is 36.3 Å². The van der Waals surface area contributed by atoms with E-state index in [1.54, 1.807) is 28.9 Å². The molecule has 0 aliphatic carbocycles. The quantitative estimate of drug-likeness (QED) is 0.769. The molecule has 0 saturated carbocycles. The highest BCUT2D eigenvalue weighted by molar-refractivity contribution is 6.00. The smallest absolute Gasteiger partial charge is 0.242 e. The molecule has 0 bridgehead atoms. The van der Waals surface area contributed by atoms with Crippen molar-refractivity contribution in [2.24, 2.45) is 0 Å². The topological polar surface area (TPSA) is 96.0 Å². The lowest BCUT2D eigenvalue weighted by Gasteiger charge is -2.37. The average Bonchev–Trinajstić information content (AvgIpc) is 3.10. The number of rotatable bonds is 5. The number of para-hydroxylation sites is 1. The van der Waals surface area contributed by atoms with Crippen molar-refractivity contribution in [2.45, 2.75) is 57.1 Å². The average molecular weight is 428 g/mol. The van der Waals surface area contributed by atoms with E-state index < -0.39 is 11.6 Å². The number of hydrogen-bond acceptors (Lipinski definition) is 5. The molecule has 1 aromatic carbocycles. The molecule has 8 nitrogen and oxygen atoms in total. The predicted octanol–water partition coefficient (Wildman–Crippen LogP) is 1.53. The summed E-state index contributed by atoms with van der Waals surface area (Å²) in [6.45, 7) is 3.67. The fourth-order valence-electron chi connectivity index (χ4n) is 4.73. The second-order valence-corrected chi connectivity index (χ2v) is 8.67. The zero-order valence-electron chi connectivity index (χ0n) is 17.9. The lowest BCUT2D eigenvalue weighted by molar-refractivity contribution is -0.139. The number of nitrogens with zero attached hydrogens (tertiary/aromatic N) is 2. The number of nitrogens with one attached hydrogen (secondary N) is 1. The monoisotopic (exact) mass is 427 g/mol. The van der Waals surface area contributed by atoms with Gasteiger partial charge >= 0.3 is 0 Å². The first-order valence-electron chi connectivity index (χ1n) is 11.0. The third-order valence-corrected chi connectivity index (χ3v) is 6.62. The van der Waals surface area contributed by atoms with Crippen molar-refractivity contribution >= 4 is 23.5 Å². The first-order chi connectivity index (χ1) is 14.9. The number of fused-ring (bicyclic) bond motifs is 1. The minimum atomic E-state index is -0.706. The van der Waals surface area contributed by atoms with Crippen molar-refractivity contribution in [2.75, 3.05) is 26.2 Å². The number of carbonyl (C=O) groups excluding carboxylic acids is 4. The molecule has 2 atom stereocenters. The van der Waals surface area contributed by atoms with Gasteiger partial charge in [0.05, 0.1) is 12.0 Å². The van der Waals surface area contributed by atoms with Crippen LogP contribution in [0.25, 0.3) is 0 Å². The van der Waals surface area contributed by atoms with Gasteiger partial charge in [-0.2, -0.15) is 0 Å². The molecule has 1 aromatic rings. The second kappa shape index (κ2) is 8.69. The van der Waals surface area contributed by atoms with Gasteiger partial charge in [0.25, 0.3) is 0 Å². The maximum Gasteiger partial charge on any atom is 0.242 e. The molecule has 3 aliphatic rings. The molecule has 166 valence electrons. The Morgan fingerprint density at radius 1 is 1.13 bits per heavy atom. The Kier molecular flexibility index (Phi) is 5.98. The van der Waals surface area contributed by atoms with Crippen LogP contribution in [-0.4, -0.2) is 71.1 Å². The fraction of sp³-hybridized carbons (Fsp3) is 0.565. The molecular weight excluding hydrogens is 398 g/mol. The van der Waals surface area contributed by atoms with Crippen LogP contribution in [0.4, 0.5) is 0 Å². The van der Waals surface area contributed by atoms with E-state index in [0.29, 0.717) is 50.2 Å². The van der Waals surface area contributed by atoms with Crippen LogP contribution in [-0.2, 0) is 14.4 Å². The van der Waals surface area contributed by atoms with Crippen molar-refractivity contribution in [1.82, 2.24) is 15.1 Å². The van der Waals surface area contributed by atoms with Gasteiger partial charge in [-0.3, -0.25) is 19.2 Å². The molecule has 3 amide bonds. The van der Waals surface area contributed by atoms with E-state index in [0.717, 1.165) is 13.0 Å². The Hall–Kier alpha value is -2.90. The normalized spacial score (nSPS) is 24.6. The highest BCUT2D eigenvalue weighted by atomic mass is 16.5. The number of amides is 3. The van der Waals surface area contributed by atoms with E-state index in [4.69, 9.17) is 4.74 Å². The Morgan fingerprint density at radius 3 is 2.71 bits per heavy atom. The van der Waals surface area contributed by atoms with Crippen LogP contribution in [0.5, 0.6) is 5.75 Å². The lowest BCUT2D eigenvalue weighted by atomic mass is 9.84. The summed E-state index contributed by atoms with van der Waals surface area (Å²) in [5.74, 6) is 0.386. The maximum atomic E-state index is 12.8. The Labute approximate surface area is 181 Å². The molecule has 1 N–H and O–H groups in total. The molecule has 2 fully saturated rings. The van der Waals surface area contributed by atoms with Gasteiger partial charge in [0.1, 0.15) is 17.4 Å². The number of Topliss-reactive ketones (excluding diaryl/α,β-unsaturated/α-hetero) is 1. The molecule has 0 unspecified atom stereocenters. The third kappa shape index (κ3) is 4.43. The first-order valence-corrected chi connectivity index (χ1v) is 11.0. The summed E-state index contributed by atoms with van der Waals surface area (Å²) in [5.41, 5.74) is -0.118. The van der Waals surface area contributed by atoms with Crippen molar-refractivity contribution in [3.63, 3.8) is 0 Å². The van der Waals surface area contributed by atoms with Gasteiger partial charge in [0.2, 0.25) is 17.7 Å². The van der Waals surface area contributed by atoms with Crippen LogP contribution in [0.1, 0.15) is 55.8 Å². The van der Waals surface area contributed by atoms with E-state index in [9.17, 15) is 19.2 Å². The number of ketones is 1. The highest BCUT2D eigenvalue weighted by Gasteiger charge is 2.44. The molecule has 0 aromatic heterocycles. The van der Waals surface area contributed by atoms with E-state index >= 15 is 0 Å². The predicted molar refractivity (Wildman–Crippen MR) is 113 cm³/mol. The van der Waals surface area contributed by atoms with Gasteiger partial charge in [0, 0.05) is 45.4 Å². The number of hydrogen-bond donors (Lipinski definition) is 1. The largest absolute Gasteiger partial charge is 0.486 e. The zero-order chi connectivity index (χ0) is 22.0. The third-order valence-electron chi connectivity index (χ3n) is 6.62. The van der Waals surface area contributed by atoms with Crippen molar-refractivity contribution in [3.05, 3.63) is 29.8 Å². The Balaban J connectivity index is 1.36. The summed E-state index contributed by atoms with van der Waals surface area (Å²) in [4.78, 5) is 53.1. The van der Waals surface area contributed by atoms with Crippen LogP contribution in [0.15, 0.2) is 24.3 Å². The maximum absolute atomic E-state index is 12.8. The summed E-state index contributed by atoms with van der Waals surface area (Å²) >= 11 is 0. The Bertz CT molecular complexity index is 901. The van der Waals surface area contributed by atoms with Crippen LogP contribution in [0.3, 0.4) is 0 Å². The number of carbonyl (C=O) groups is 4. The summed E-state index contributed by atoms with van der Waals surface area (Å²) in [7, 11) is 0. The van der Waals surface area contributed by atoms with Gasteiger partial charge in [0.15, 0.2) is 5.78 Å². The standard InChI is InChI=1S/C23H29N3O5/c1-16(22(30)24-11-14-25-12-4-7-20(25)28)26-13-10-23(9-8-21(26)29)15-18(27)17-5-2-3-6-19(17)31-23/h2-3,5-6,16H,4,7-15H2,1H3,(H,24,30)/t16-,23-/m0/s1. The number of ether oxygens (including phenoxy) is 1. The van der Waals surface area contributed by atoms with E-state index in [2.05, 4.69) is 5.32 Å². The molecule has 4 rings (SSSR count). The number of likely N-dealkylation sites (tertiary alicyclic amines) is 2. The highest BCUT2D eigenvalue weighted by Crippen LogP contribution is 2.39. The molecule has 31 heavy (non-hydrogen) atoms. The molecular formula is C23H29N3O5. The molecule has 8 heteroatoms. The number of benzene rings is 1. The summed E-state index contributed by atoms with van der Waals surface area (Å²) in [5, 5.41) is 2.85. The van der Waals surface area contributed by atoms with E-state index in [1.807, 2.05) is 12.1 Å². The molecule has 0 radical (unpaired) electrons. The first kappa shape index (κ1) is 21.3. The summed E-state index contributed by atoms with van der Waals surface area (Å²) in [6.07, 6.45) is 2.86. The minimum Gasteiger partial charge on any atom is -0.486 e. The fourth-order valence-corrected chi connectivity index (χ4v) is 4.73. The van der Waals surface area contributed by atoms with Crippen LogP contribution < -0.4 is 10.1 Å². The van der Waals surface area contributed by atoms with Crippen LogP contribution in [0, 0.1) is 0 Å². The molecule has 3 heterocycles. The Morgan fingerprint density at radius 2 is 1.94 bits per heavy atom. The van der Waals surface area contributed by atoms with Crippen molar-refractivity contribution in [3.8, 4) is 5.75 Å². The van der Waals surface area contributed by atoms with Gasteiger partial charge in [-0.15, -0.1) is 0 Å². The molecule has 2 saturated heterocycles. The van der Waals surface area contributed by atoms with Gasteiger partial charge in [-0.25, -0.2) is 0 Å². The van der Waals surface area contributed by atoms with Gasteiger partial charge < -0.3 is 19.9 Å².